The Morgan fingerprint density at radius 3 is 1.31 bits per heavy atom. The van der Waals surface area contributed by atoms with Gasteiger partial charge in [0.1, 0.15) is 12.5 Å². The van der Waals surface area contributed by atoms with Crippen molar-refractivity contribution in [1.82, 2.24) is 0 Å². The summed E-state index contributed by atoms with van der Waals surface area (Å²) in [4.78, 5) is 1.54. The van der Waals surface area contributed by atoms with Crippen LogP contribution in [0.2, 0.25) is 0 Å². The summed E-state index contributed by atoms with van der Waals surface area (Å²) in [7, 11) is 0. The van der Waals surface area contributed by atoms with Gasteiger partial charge in [-0.1, -0.05) is 48.5 Å². The van der Waals surface area contributed by atoms with Crippen LogP contribution in [0, 0.1) is 0 Å². The lowest BCUT2D eigenvalue weighted by Gasteiger charge is -2.18. The molecule has 0 heterocycles. The van der Waals surface area contributed by atoms with Crippen LogP contribution in [0.15, 0.2) is 82.6 Å². The quantitative estimate of drug-likeness (QED) is 0.464. The van der Waals surface area contributed by atoms with Crippen molar-refractivity contribution in [2.24, 2.45) is 0 Å². The molecule has 0 spiro atoms. The molecule has 0 radical (unpaired) electrons. The molecule has 4 heteroatoms. The maximum atomic E-state index is 12.5. The monoisotopic (exact) mass is 378 g/mol. The predicted molar refractivity (Wildman–Crippen MR) is 112 cm³/mol. The van der Waals surface area contributed by atoms with Crippen molar-refractivity contribution in [3.05, 3.63) is 72.8 Å². The summed E-state index contributed by atoms with van der Waals surface area (Å²) in [6, 6.07) is 24.0. The second-order valence-electron chi connectivity index (χ2n) is 6.23. The Hall–Kier alpha value is -1.98. The summed E-state index contributed by atoms with van der Waals surface area (Å²) in [6.07, 6.45) is 3.39. The van der Waals surface area contributed by atoms with Gasteiger partial charge in [-0.3, -0.25) is 0 Å². The molecule has 0 aromatic heterocycles. The fourth-order valence-corrected chi connectivity index (χ4v) is 5.02. The van der Waals surface area contributed by atoms with E-state index in [1.807, 2.05) is 60.7 Å². The largest absolute Gasteiger partial charge is 0.612 e. The van der Waals surface area contributed by atoms with Crippen LogP contribution in [0.4, 0.5) is 0 Å². The molecule has 0 aliphatic rings. The van der Waals surface area contributed by atoms with Gasteiger partial charge < -0.3 is 9.11 Å². The van der Waals surface area contributed by atoms with Crippen LogP contribution < -0.4 is 0 Å². The number of hydrogen-bond acceptors (Lipinski definition) is 2. The number of hydrogen-bond donors (Lipinski definition) is 0. The Bertz CT molecular complexity index is 1010. The molecule has 130 valence electrons. The summed E-state index contributed by atoms with van der Waals surface area (Å²) in [5, 5.41) is 4.22. The maximum absolute atomic E-state index is 12.5. The van der Waals surface area contributed by atoms with Crippen molar-refractivity contribution >= 4 is 43.9 Å². The van der Waals surface area contributed by atoms with Crippen LogP contribution in [0.25, 0.3) is 32.7 Å². The second kappa shape index (κ2) is 6.97. The topological polar surface area (TPSA) is 46.1 Å². The minimum absolute atomic E-state index is 0.770. The van der Waals surface area contributed by atoms with Crippen molar-refractivity contribution in [3.8, 4) is 11.1 Å². The predicted octanol–water partition coefficient (Wildman–Crippen LogP) is 5.13. The average Bonchev–Trinajstić information content (AvgIpc) is 2.66. The lowest BCUT2D eigenvalue weighted by Crippen LogP contribution is -2.05. The van der Waals surface area contributed by atoms with Gasteiger partial charge >= 0.3 is 0 Å². The van der Waals surface area contributed by atoms with Gasteiger partial charge in [-0.25, -0.2) is 0 Å². The van der Waals surface area contributed by atoms with Crippen LogP contribution in [-0.4, -0.2) is 21.6 Å². The Balaban J connectivity index is 2.23. The third-order valence-corrected chi connectivity index (χ3v) is 6.57. The minimum Gasteiger partial charge on any atom is -0.612 e. The summed E-state index contributed by atoms with van der Waals surface area (Å²) in [5.41, 5.74) is 1.84. The fourth-order valence-electron chi connectivity index (χ4n) is 3.50. The van der Waals surface area contributed by atoms with Gasteiger partial charge in [-0.2, -0.15) is 0 Å². The molecule has 0 saturated heterocycles. The fraction of sp³-hybridized carbons (Fsp3) is 0.0909. The van der Waals surface area contributed by atoms with E-state index < -0.39 is 22.4 Å². The van der Waals surface area contributed by atoms with E-state index in [2.05, 4.69) is 12.1 Å². The van der Waals surface area contributed by atoms with Gasteiger partial charge in [-0.05, 0) is 68.2 Å². The van der Waals surface area contributed by atoms with E-state index in [0.29, 0.717) is 0 Å². The first-order valence-electron chi connectivity index (χ1n) is 8.28. The third kappa shape index (κ3) is 2.89. The summed E-state index contributed by atoms with van der Waals surface area (Å²) in [6.45, 7) is 0. The van der Waals surface area contributed by atoms with E-state index in [0.717, 1.165) is 42.5 Å². The molecular weight excluding hydrogens is 360 g/mol. The number of benzene rings is 4. The van der Waals surface area contributed by atoms with Crippen molar-refractivity contribution in [3.63, 3.8) is 0 Å². The molecule has 26 heavy (non-hydrogen) atoms. The number of fused-ring (bicyclic) bond motifs is 2. The van der Waals surface area contributed by atoms with Crippen LogP contribution >= 0.6 is 0 Å². The summed E-state index contributed by atoms with van der Waals surface area (Å²) >= 11 is -2.32. The summed E-state index contributed by atoms with van der Waals surface area (Å²) in [5.74, 6) is 0. The molecule has 4 aromatic carbocycles. The molecule has 0 amide bonds. The molecular formula is C22H18O2S2. The molecule has 0 aliphatic carbocycles. The molecule has 0 fully saturated rings. The minimum atomic E-state index is -1.16. The zero-order valence-corrected chi connectivity index (χ0v) is 16.2. The standard InChI is InChI=1S/C22H18O2S2/c1-25(23)19-13-11-15-7-3-5-9-17(15)21(19)22-18-10-6-4-8-16(18)12-14-20(22)26(2)24/h3-14H,1-2H3. The third-order valence-electron chi connectivity index (χ3n) is 4.65. The second-order valence-corrected chi connectivity index (χ2v) is 8.92. The van der Waals surface area contributed by atoms with Gasteiger partial charge in [0.2, 0.25) is 0 Å². The van der Waals surface area contributed by atoms with Crippen LogP contribution in [0.5, 0.6) is 0 Å². The van der Waals surface area contributed by atoms with E-state index >= 15 is 0 Å². The van der Waals surface area contributed by atoms with Gasteiger partial charge in [0.25, 0.3) is 0 Å². The van der Waals surface area contributed by atoms with Crippen molar-refractivity contribution < 1.29 is 9.11 Å². The molecule has 0 aliphatic heterocycles. The highest BCUT2D eigenvalue weighted by Crippen LogP contribution is 2.42. The normalized spacial score (nSPS) is 13.8. The highest BCUT2D eigenvalue weighted by Gasteiger charge is 2.25. The Morgan fingerprint density at radius 1 is 0.538 bits per heavy atom. The van der Waals surface area contributed by atoms with Gasteiger partial charge in [0.15, 0.2) is 9.79 Å². The van der Waals surface area contributed by atoms with E-state index in [4.69, 9.17) is 0 Å². The van der Waals surface area contributed by atoms with Crippen molar-refractivity contribution in [2.75, 3.05) is 12.5 Å². The molecule has 2 unspecified atom stereocenters. The number of rotatable bonds is 3. The first kappa shape index (κ1) is 17.4. The molecule has 0 saturated carbocycles. The average molecular weight is 379 g/mol. The van der Waals surface area contributed by atoms with Crippen molar-refractivity contribution in [2.45, 2.75) is 9.79 Å². The van der Waals surface area contributed by atoms with Gasteiger partial charge in [-0.15, -0.1) is 0 Å². The Morgan fingerprint density at radius 2 is 0.923 bits per heavy atom. The molecule has 0 N–H and O–H groups in total. The lowest BCUT2D eigenvalue weighted by molar-refractivity contribution is 0.599. The highest BCUT2D eigenvalue weighted by molar-refractivity contribution is 7.91. The highest BCUT2D eigenvalue weighted by atomic mass is 32.2. The van der Waals surface area contributed by atoms with Crippen molar-refractivity contribution in [1.29, 1.82) is 0 Å². The molecule has 2 atom stereocenters. The van der Waals surface area contributed by atoms with Gasteiger partial charge in [0, 0.05) is 0 Å². The zero-order valence-electron chi connectivity index (χ0n) is 14.6. The van der Waals surface area contributed by atoms with E-state index in [1.54, 1.807) is 12.5 Å². The first-order chi connectivity index (χ1) is 12.6. The Labute approximate surface area is 159 Å². The van der Waals surface area contributed by atoms with Crippen LogP contribution in [-0.2, 0) is 22.4 Å². The molecule has 4 rings (SSSR count). The molecule has 4 aromatic rings. The van der Waals surface area contributed by atoms with E-state index in [1.165, 1.54) is 0 Å². The summed E-state index contributed by atoms with van der Waals surface area (Å²) < 4.78 is 25.1. The van der Waals surface area contributed by atoms with Crippen LogP contribution in [0.3, 0.4) is 0 Å². The molecule has 2 nitrogen and oxygen atoms in total. The van der Waals surface area contributed by atoms with E-state index in [-0.39, 0.29) is 0 Å². The Kier molecular flexibility index (Phi) is 4.67. The zero-order chi connectivity index (χ0) is 18.3. The first-order valence-corrected chi connectivity index (χ1v) is 11.4. The SMILES string of the molecule is C[S+]([O-])c1ccc2ccccc2c1-c1c([S+](C)[O-])ccc2ccccc12. The maximum Gasteiger partial charge on any atom is 0.161 e. The molecule has 0 bridgehead atoms. The lowest BCUT2D eigenvalue weighted by atomic mass is 9.94. The van der Waals surface area contributed by atoms with Crippen LogP contribution in [0.1, 0.15) is 0 Å². The smallest absolute Gasteiger partial charge is 0.161 e. The van der Waals surface area contributed by atoms with E-state index in [9.17, 15) is 9.11 Å². The van der Waals surface area contributed by atoms with Gasteiger partial charge in [0.05, 0.1) is 11.1 Å².